The van der Waals surface area contributed by atoms with Crippen LogP contribution in [0.5, 0.6) is 0 Å². The Morgan fingerprint density at radius 1 is 1.29 bits per heavy atom. The van der Waals surface area contributed by atoms with Gasteiger partial charge >= 0.3 is 0 Å². The summed E-state index contributed by atoms with van der Waals surface area (Å²) in [6.07, 6.45) is 8.73. The number of hydrogen-bond acceptors (Lipinski definition) is 3. The molecule has 98 valence electrons. The molecular formula is C14H26N2O. The maximum Gasteiger partial charge on any atom is 0.0604 e. The summed E-state index contributed by atoms with van der Waals surface area (Å²) in [6, 6.07) is 0.811. The zero-order valence-electron chi connectivity index (χ0n) is 11.1. The molecule has 0 unspecified atom stereocenters. The quantitative estimate of drug-likeness (QED) is 0.811. The second kappa shape index (κ2) is 4.87. The molecule has 3 aliphatic rings. The van der Waals surface area contributed by atoms with Crippen LogP contribution in [-0.2, 0) is 4.74 Å². The van der Waals surface area contributed by atoms with E-state index in [2.05, 4.69) is 17.1 Å². The van der Waals surface area contributed by atoms with E-state index in [1.807, 2.05) is 0 Å². The lowest BCUT2D eigenvalue weighted by Gasteiger charge is -2.49. The molecular weight excluding hydrogens is 212 g/mol. The molecule has 1 aliphatic heterocycles. The molecule has 3 nitrogen and oxygen atoms in total. The minimum atomic E-state index is 0.481. The molecule has 2 saturated carbocycles. The Kier molecular flexibility index (Phi) is 3.42. The van der Waals surface area contributed by atoms with Crippen molar-refractivity contribution in [3.05, 3.63) is 0 Å². The lowest BCUT2D eigenvalue weighted by molar-refractivity contribution is -0.0587. The summed E-state index contributed by atoms with van der Waals surface area (Å²) in [5.41, 5.74) is 0.481. The van der Waals surface area contributed by atoms with E-state index < -0.39 is 0 Å². The molecule has 0 aromatic heterocycles. The third kappa shape index (κ3) is 2.38. The van der Waals surface area contributed by atoms with E-state index in [1.165, 1.54) is 58.2 Å². The van der Waals surface area contributed by atoms with Crippen LogP contribution in [0.3, 0.4) is 0 Å². The highest BCUT2D eigenvalue weighted by atomic mass is 16.5. The zero-order valence-corrected chi connectivity index (χ0v) is 11.1. The molecule has 1 N–H and O–H groups in total. The summed E-state index contributed by atoms with van der Waals surface area (Å²) >= 11 is 0. The maximum atomic E-state index is 5.67. The van der Waals surface area contributed by atoms with E-state index in [9.17, 15) is 0 Å². The molecule has 1 saturated heterocycles. The third-order valence-electron chi connectivity index (χ3n) is 4.95. The normalized spacial score (nSPS) is 37.2. The number of nitrogens with zero attached hydrogens (tertiary/aromatic N) is 1. The Morgan fingerprint density at radius 2 is 2.06 bits per heavy atom. The second-order valence-corrected chi connectivity index (χ2v) is 6.09. The van der Waals surface area contributed by atoms with Crippen LogP contribution in [0.1, 0.15) is 45.4 Å². The predicted octanol–water partition coefficient (Wildman–Crippen LogP) is 1.77. The largest absolute Gasteiger partial charge is 0.378 e. The lowest BCUT2D eigenvalue weighted by atomic mass is 9.85. The third-order valence-corrected chi connectivity index (χ3v) is 4.95. The van der Waals surface area contributed by atoms with E-state index in [1.54, 1.807) is 0 Å². The van der Waals surface area contributed by atoms with E-state index >= 15 is 0 Å². The molecule has 0 aromatic rings. The van der Waals surface area contributed by atoms with Crippen LogP contribution < -0.4 is 5.32 Å². The first-order valence-corrected chi connectivity index (χ1v) is 7.42. The molecule has 0 aromatic carbocycles. The molecule has 17 heavy (non-hydrogen) atoms. The Hall–Kier alpha value is -0.120. The van der Waals surface area contributed by atoms with Crippen LogP contribution in [0.2, 0.25) is 0 Å². The standard InChI is InChI=1S/C14H26N2O/c1-2-17-13-9-12(10-13)16-8-7-15-14(11-16)5-3-4-6-14/h12-13,15H,2-11H2,1H3. The summed E-state index contributed by atoms with van der Waals surface area (Å²) in [6.45, 7) is 6.70. The van der Waals surface area contributed by atoms with Gasteiger partial charge in [0, 0.05) is 37.8 Å². The van der Waals surface area contributed by atoms with Gasteiger partial charge in [0.2, 0.25) is 0 Å². The van der Waals surface area contributed by atoms with Gasteiger partial charge in [-0.2, -0.15) is 0 Å². The van der Waals surface area contributed by atoms with Crippen molar-refractivity contribution < 1.29 is 4.74 Å². The predicted molar refractivity (Wildman–Crippen MR) is 69.2 cm³/mol. The molecule has 1 spiro atoms. The molecule has 3 rings (SSSR count). The average molecular weight is 238 g/mol. The fraction of sp³-hybridized carbons (Fsp3) is 1.00. The van der Waals surface area contributed by atoms with Gasteiger partial charge in [-0.25, -0.2) is 0 Å². The van der Waals surface area contributed by atoms with Crippen LogP contribution in [0.4, 0.5) is 0 Å². The number of ether oxygens (including phenoxy) is 1. The van der Waals surface area contributed by atoms with Crippen molar-refractivity contribution in [2.75, 3.05) is 26.2 Å². The molecule has 0 atom stereocenters. The van der Waals surface area contributed by atoms with Gasteiger partial charge < -0.3 is 10.1 Å². The van der Waals surface area contributed by atoms with Gasteiger partial charge in [-0.1, -0.05) is 12.8 Å². The average Bonchev–Trinajstić information content (AvgIpc) is 2.71. The molecule has 3 heteroatoms. The van der Waals surface area contributed by atoms with Crippen molar-refractivity contribution in [1.29, 1.82) is 0 Å². The maximum absolute atomic E-state index is 5.67. The van der Waals surface area contributed by atoms with Gasteiger partial charge in [0.15, 0.2) is 0 Å². The highest BCUT2D eigenvalue weighted by Crippen LogP contribution is 2.36. The minimum absolute atomic E-state index is 0.481. The summed E-state index contributed by atoms with van der Waals surface area (Å²) in [4.78, 5) is 2.73. The van der Waals surface area contributed by atoms with Crippen LogP contribution >= 0.6 is 0 Å². The minimum Gasteiger partial charge on any atom is -0.378 e. The molecule has 3 fully saturated rings. The van der Waals surface area contributed by atoms with Crippen molar-refractivity contribution in [3.63, 3.8) is 0 Å². The van der Waals surface area contributed by atoms with Gasteiger partial charge in [0.05, 0.1) is 6.10 Å². The fourth-order valence-corrected chi connectivity index (χ4v) is 3.89. The van der Waals surface area contributed by atoms with Crippen molar-refractivity contribution in [2.45, 2.75) is 63.1 Å². The van der Waals surface area contributed by atoms with Crippen molar-refractivity contribution in [1.82, 2.24) is 10.2 Å². The topological polar surface area (TPSA) is 24.5 Å². The van der Waals surface area contributed by atoms with Crippen LogP contribution in [0, 0.1) is 0 Å². The first-order chi connectivity index (χ1) is 8.31. The number of nitrogens with one attached hydrogen (secondary N) is 1. The number of piperazine rings is 1. The number of hydrogen-bond donors (Lipinski definition) is 1. The lowest BCUT2D eigenvalue weighted by Crippen LogP contribution is -2.63. The molecule has 1 heterocycles. The monoisotopic (exact) mass is 238 g/mol. The summed E-state index contributed by atoms with van der Waals surface area (Å²) in [5.74, 6) is 0. The molecule has 0 amide bonds. The molecule has 0 radical (unpaired) electrons. The van der Waals surface area contributed by atoms with Crippen molar-refractivity contribution >= 4 is 0 Å². The Morgan fingerprint density at radius 3 is 2.76 bits per heavy atom. The van der Waals surface area contributed by atoms with Crippen molar-refractivity contribution in [3.8, 4) is 0 Å². The fourth-order valence-electron chi connectivity index (χ4n) is 3.89. The molecule has 2 aliphatic carbocycles. The van der Waals surface area contributed by atoms with Gasteiger partial charge in [0.25, 0.3) is 0 Å². The Bertz CT molecular complexity index is 257. The van der Waals surface area contributed by atoms with Crippen LogP contribution in [0.25, 0.3) is 0 Å². The summed E-state index contributed by atoms with van der Waals surface area (Å²) in [7, 11) is 0. The summed E-state index contributed by atoms with van der Waals surface area (Å²) < 4.78 is 5.67. The van der Waals surface area contributed by atoms with E-state index in [0.29, 0.717) is 11.6 Å². The highest BCUT2D eigenvalue weighted by Gasteiger charge is 2.42. The SMILES string of the molecule is CCOC1CC(N2CCNC3(CCCC3)C2)C1. The molecule has 0 bridgehead atoms. The van der Waals surface area contributed by atoms with Crippen LogP contribution in [-0.4, -0.2) is 48.8 Å². The smallest absolute Gasteiger partial charge is 0.0604 e. The van der Waals surface area contributed by atoms with E-state index in [0.717, 1.165) is 12.6 Å². The summed E-state index contributed by atoms with van der Waals surface area (Å²) in [5, 5.41) is 3.79. The first-order valence-electron chi connectivity index (χ1n) is 7.42. The van der Waals surface area contributed by atoms with Gasteiger partial charge in [-0.3, -0.25) is 4.90 Å². The van der Waals surface area contributed by atoms with Gasteiger partial charge in [0.1, 0.15) is 0 Å². The van der Waals surface area contributed by atoms with Gasteiger partial charge in [-0.05, 0) is 32.6 Å². The van der Waals surface area contributed by atoms with E-state index in [-0.39, 0.29) is 0 Å². The Balaban J connectivity index is 1.51. The number of rotatable bonds is 3. The highest BCUT2D eigenvalue weighted by molar-refractivity contribution is 5.01. The van der Waals surface area contributed by atoms with Crippen molar-refractivity contribution in [2.24, 2.45) is 0 Å². The van der Waals surface area contributed by atoms with E-state index in [4.69, 9.17) is 4.74 Å². The Labute approximate surface area is 105 Å². The zero-order chi connectivity index (χ0) is 11.7. The second-order valence-electron chi connectivity index (χ2n) is 6.09. The van der Waals surface area contributed by atoms with Gasteiger partial charge in [-0.15, -0.1) is 0 Å². The van der Waals surface area contributed by atoms with Crippen LogP contribution in [0.15, 0.2) is 0 Å². The first kappa shape index (κ1) is 11.9.